The summed E-state index contributed by atoms with van der Waals surface area (Å²) in [5.74, 6) is -2.87. The van der Waals surface area contributed by atoms with Gasteiger partial charge in [0.15, 0.2) is 6.10 Å². The molecule has 2 bridgehead atoms. The Kier molecular flexibility index (Phi) is 1.96. The lowest BCUT2D eigenvalue weighted by molar-refractivity contribution is -0.540. The van der Waals surface area contributed by atoms with Crippen LogP contribution in [0.3, 0.4) is 0 Å². The van der Waals surface area contributed by atoms with Crippen molar-refractivity contribution in [3.63, 3.8) is 0 Å². The predicted octanol–water partition coefficient (Wildman–Crippen LogP) is -0.388. The SMILES string of the molecule is COC(=O)C1C2CC3C(OC(=O)C31)C2[N+](=O)[O-]. The van der Waals surface area contributed by atoms with E-state index in [1.165, 1.54) is 7.11 Å². The van der Waals surface area contributed by atoms with Crippen LogP contribution in [0.5, 0.6) is 0 Å². The maximum atomic E-state index is 11.7. The number of nitro groups is 1. The van der Waals surface area contributed by atoms with Crippen LogP contribution < -0.4 is 0 Å². The van der Waals surface area contributed by atoms with Crippen LogP contribution in [0.4, 0.5) is 0 Å². The molecule has 3 aliphatic rings. The molecule has 3 fully saturated rings. The minimum Gasteiger partial charge on any atom is -0.469 e. The summed E-state index contributed by atoms with van der Waals surface area (Å²) >= 11 is 0. The molecule has 0 spiro atoms. The van der Waals surface area contributed by atoms with E-state index in [1.54, 1.807) is 0 Å². The monoisotopic (exact) mass is 241 g/mol. The number of fused-ring (bicyclic) bond motifs is 1. The molecule has 0 aromatic carbocycles. The Morgan fingerprint density at radius 2 is 2.24 bits per heavy atom. The number of carbonyl (C=O) groups excluding carboxylic acids is 2. The van der Waals surface area contributed by atoms with E-state index in [0.29, 0.717) is 6.42 Å². The molecule has 17 heavy (non-hydrogen) atoms. The fourth-order valence-electron chi connectivity index (χ4n) is 3.75. The zero-order valence-corrected chi connectivity index (χ0v) is 9.07. The topological polar surface area (TPSA) is 95.7 Å². The van der Waals surface area contributed by atoms with Gasteiger partial charge < -0.3 is 9.47 Å². The van der Waals surface area contributed by atoms with Gasteiger partial charge in [-0.3, -0.25) is 19.7 Å². The highest BCUT2D eigenvalue weighted by Gasteiger charge is 2.73. The van der Waals surface area contributed by atoms with Crippen LogP contribution in [0, 0.1) is 33.8 Å². The molecular weight excluding hydrogens is 230 g/mol. The average molecular weight is 241 g/mol. The van der Waals surface area contributed by atoms with Crippen molar-refractivity contribution in [3.05, 3.63) is 10.1 Å². The van der Waals surface area contributed by atoms with Gasteiger partial charge in [0.1, 0.15) is 0 Å². The Morgan fingerprint density at radius 1 is 1.53 bits per heavy atom. The van der Waals surface area contributed by atoms with Gasteiger partial charge in [-0.15, -0.1) is 0 Å². The molecule has 0 radical (unpaired) electrons. The fraction of sp³-hybridized carbons (Fsp3) is 0.800. The minimum atomic E-state index is -0.952. The Hall–Kier alpha value is -1.66. The van der Waals surface area contributed by atoms with Gasteiger partial charge >= 0.3 is 11.9 Å². The molecule has 7 nitrogen and oxygen atoms in total. The van der Waals surface area contributed by atoms with Crippen molar-refractivity contribution >= 4 is 11.9 Å². The van der Waals surface area contributed by atoms with E-state index in [2.05, 4.69) is 4.74 Å². The van der Waals surface area contributed by atoms with E-state index in [9.17, 15) is 19.7 Å². The average Bonchev–Trinajstić information content (AvgIpc) is 2.86. The van der Waals surface area contributed by atoms with Crippen molar-refractivity contribution in [2.45, 2.75) is 18.6 Å². The predicted molar refractivity (Wildman–Crippen MR) is 51.3 cm³/mol. The van der Waals surface area contributed by atoms with E-state index in [4.69, 9.17) is 4.74 Å². The molecule has 1 aliphatic heterocycles. The molecule has 1 heterocycles. The van der Waals surface area contributed by atoms with Crippen LogP contribution in [-0.4, -0.2) is 36.1 Å². The first-order chi connectivity index (χ1) is 8.06. The number of hydrogen-bond donors (Lipinski definition) is 0. The summed E-state index contributed by atoms with van der Waals surface area (Å²) in [5, 5.41) is 11.0. The highest BCUT2D eigenvalue weighted by molar-refractivity contribution is 5.86. The number of methoxy groups -OCH3 is 1. The van der Waals surface area contributed by atoms with E-state index in [1.807, 2.05) is 0 Å². The lowest BCUT2D eigenvalue weighted by atomic mass is 9.77. The van der Waals surface area contributed by atoms with Gasteiger partial charge in [0, 0.05) is 16.8 Å². The van der Waals surface area contributed by atoms with Crippen molar-refractivity contribution in [1.82, 2.24) is 0 Å². The maximum Gasteiger partial charge on any atom is 0.310 e. The molecule has 0 N–H and O–H groups in total. The molecule has 7 heteroatoms. The van der Waals surface area contributed by atoms with Crippen molar-refractivity contribution in [2.24, 2.45) is 23.7 Å². The first-order valence-electron chi connectivity index (χ1n) is 5.48. The van der Waals surface area contributed by atoms with E-state index in [-0.39, 0.29) is 5.92 Å². The second-order valence-electron chi connectivity index (χ2n) is 4.82. The van der Waals surface area contributed by atoms with Crippen LogP contribution in [0.2, 0.25) is 0 Å². The minimum absolute atomic E-state index is 0.188. The fourth-order valence-corrected chi connectivity index (χ4v) is 3.75. The summed E-state index contributed by atoms with van der Waals surface area (Å²) in [5.41, 5.74) is 0. The van der Waals surface area contributed by atoms with E-state index >= 15 is 0 Å². The highest BCUT2D eigenvalue weighted by atomic mass is 16.6. The summed E-state index contributed by atoms with van der Waals surface area (Å²) in [6, 6.07) is -0.952. The maximum absolute atomic E-state index is 11.7. The first-order valence-corrected chi connectivity index (χ1v) is 5.48. The number of rotatable bonds is 2. The molecule has 0 aromatic rings. The summed E-state index contributed by atoms with van der Waals surface area (Å²) < 4.78 is 9.69. The van der Waals surface area contributed by atoms with Gasteiger partial charge in [0.2, 0.25) is 0 Å². The Morgan fingerprint density at radius 3 is 2.82 bits per heavy atom. The summed E-state index contributed by atoms with van der Waals surface area (Å²) in [7, 11) is 1.23. The molecule has 2 saturated carbocycles. The summed E-state index contributed by atoms with van der Waals surface area (Å²) in [4.78, 5) is 33.9. The van der Waals surface area contributed by atoms with Gasteiger partial charge in [-0.1, -0.05) is 0 Å². The number of carbonyl (C=O) groups is 2. The zero-order valence-electron chi connectivity index (χ0n) is 9.07. The lowest BCUT2D eigenvalue weighted by Gasteiger charge is -2.24. The number of esters is 2. The third kappa shape index (κ3) is 1.11. The van der Waals surface area contributed by atoms with Crippen molar-refractivity contribution in [2.75, 3.05) is 7.11 Å². The van der Waals surface area contributed by atoms with Crippen molar-refractivity contribution < 1.29 is 24.0 Å². The van der Waals surface area contributed by atoms with Crippen LogP contribution in [0.25, 0.3) is 0 Å². The summed E-state index contributed by atoms with van der Waals surface area (Å²) in [6.45, 7) is 0. The third-order valence-corrected chi connectivity index (χ3v) is 4.29. The van der Waals surface area contributed by atoms with E-state index in [0.717, 1.165) is 0 Å². The van der Waals surface area contributed by atoms with Crippen molar-refractivity contribution in [1.29, 1.82) is 0 Å². The van der Waals surface area contributed by atoms with Gasteiger partial charge in [-0.05, 0) is 6.42 Å². The van der Waals surface area contributed by atoms with Crippen LogP contribution in [0.1, 0.15) is 6.42 Å². The Bertz CT molecular complexity index is 421. The van der Waals surface area contributed by atoms with Gasteiger partial charge in [0.05, 0.1) is 18.9 Å². The van der Waals surface area contributed by atoms with E-state index < -0.39 is 46.8 Å². The van der Waals surface area contributed by atoms with Gasteiger partial charge in [-0.25, -0.2) is 0 Å². The number of hydrogen-bond acceptors (Lipinski definition) is 6. The molecule has 92 valence electrons. The first kappa shape index (κ1) is 10.5. The molecule has 1 saturated heterocycles. The molecule has 6 atom stereocenters. The van der Waals surface area contributed by atoms with Gasteiger partial charge in [-0.2, -0.15) is 0 Å². The van der Waals surface area contributed by atoms with Crippen LogP contribution in [0.15, 0.2) is 0 Å². The number of ether oxygens (including phenoxy) is 2. The standard InChI is InChI=1S/C10H11NO6/c1-16-9(12)5-3-2-4-6(5)10(13)17-8(4)7(3)11(14)15/h3-8H,2H2,1H3. The molecule has 0 amide bonds. The number of nitrogens with zero attached hydrogens (tertiary/aromatic N) is 1. The quantitative estimate of drug-likeness (QED) is 0.371. The smallest absolute Gasteiger partial charge is 0.310 e. The lowest BCUT2D eigenvalue weighted by Crippen LogP contribution is -2.45. The second-order valence-corrected chi connectivity index (χ2v) is 4.82. The summed E-state index contributed by atoms with van der Waals surface area (Å²) in [6.07, 6.45) is -0.139. The second kappa shape index (κ2) is 3.18. The molecule has 2 aliphatic carbocycles. The molecular formula is C10H11NO6. The van der Waals surface area contributed by atoms with Crippen LogP contribution in [-0.2, 0) is 19.1 Å². The molecule has 6 unspecified atom stereocenters. The Labute approximate surface area is 96.2 Å². The highest BCUT2D eigenvalue weighted by Crippen LogP contribution is 2.58. The zero-order chi connectivity index (χ0) is 12.3. The molecule has 0 aromatic heterocycles. The normalized spacial score (nSPS) is 45.8. The molecule has 3 rings (SSSR count). The third-order valence-electron chi connectivity index (χ3n) is 4.29. The Balaban J connectivity index is 2.00. The van der Waals surface area contributed by atoms with Crippen molar-refractivity contribution in [3.8, 4) is 0 Å². The van der Waals surface area contributed by atoms with Gasteiger partial charge in [0.25, 0.3) is 6.04 Å². The largest absolute Gasteiger partial charge is 0.469 e. The van der Waals surface area contributed by atoms with Crippen LogP contribution >= 0.6 is 0 Å².